The zero-order chi connectivity index (χ0) is 12.5. The Hall–Kier alpha value is -1.10. The highest BCUT2D eigenvalue weighted by atomic mass is 16.6. The summed E-state index contributed by atoms with van der Waals surface area (Å²) in [6.45, 7) is 1.41. The summed E-state index contributed by atoms with van der Waals surface area (Å²) < 4.78 is 16.3. The van der Waals surface area contributed by atoms with E-state index in [2.05, 4.69) is 12.1 Å². The van der Waals surface area contributed by atoms with Gasteiger partial charge in [0.2, 0.25) is 0 Å². The van der Waals surface area contributed by atoms with Gasteiger partial charge in [-0.2, -0.15) is 0 Å². The minimum absolute atomic E-state index is 0.0414. The molecule has 2 N–H and O–H groups in total. The lowest BCUT2D eigenvalue weighted by atomic mass is 9.86. The number of fused-ring (bicyclic) bond motifs is 1. The zero-order valence-electron chi connectivity index (χ0n) is 10.6. The van der Waals surface area contributed by atoms with E-state index in [0.29, 0.717) is 13.2 Å². The summed E-state index contributed by atoms with van der Waals surface area (Å²) in [5, 5.41) is 0. The van der Waals surface area contributed by atoms with E-state index in [-0.39, 0.29) is 18.2 Å². The van der Waals surface area contributed by atoms with Gasteiger partial charge in [0, 0.05) is 0 Å². The van der Waals surface area contributed by atoms with Crippen LogP contribution >= 0.6 is 0 Å². The van der Waals surface area contributed by atoms with E-state index in [0.717, 1.165) is 18.6 Å². The molecule has 18 heavy (non-hydrogen) atoms. The predicted octanol–water partition coefficient (Wildman–Crippen LogP) is 1.43. The summed E-state index contributed by atoms with van der Waals surface area (Å²) in [6.07, 6.45) is 2.32. The average molecular weight is 249 g/mol. The Morgan fingerprint density at radius 3 is 2.83 bits per heavy atom. The molecule has 0 radical (unpaired) electrons. The first-order valence-electron chi connectivity index (χ1n) is 6.43. The van der Waals surface area contributed by atoms with Crippen LogP contribution in [0.1, 0.15) is 23.6 Å². The van der Waals surface area contributed by atoms with E-state index in [9.17, 15) is 0 Å². The third kappa shape index (κ3) is 2.11. The van der Waals surface area contributed by atoms with Crippen LogP contribution in [0.15, 0.2) is 18.2 Å². The molecule has 1 aromatic rings. The molecular formula is C14H19NO3. The van der Waals surface area contributed by atoms with Crippen LogP contribution in [0.5, 0.6) is 5.75 Å². The van der Waals surface area contributed by atoms with Crippen molar-refractivity contribution in [2.45, 2.75) is 31.1 Å². The van der Waals surface area contributed by atoms with E-state index < -0.39 is 0 Å². The van der Waals surface area contributed by atoms with Gasteiger partial charge in [-0.05, 0) is 36.1 Å². The van der Waals surface area contributed by atoms with Crippen LogP contribution in [-0.4, -0.2) is 32.5 Å². The fraction of sp³-hybridized carbons (Fsp3) is 0.571. The lowest BCUT2D eigenvalue weighted by molar-refractivity contribution is -0.161. The summed E-state index contributed by atoms with van der Waals surface area (Å²) in [5.41, 5.74) is 8.77. The topological polar surface area (TPSA) is 53.7 Å². The largest absolute Gasteiger partial charge is 0.497 e. The van der Waals surface area contributed by atoms with Gasteiger partial charge in [-0.15, -0.1) is 0 Å². The first-order chi connectivity index (χ1) is 8.78. The lowest BCUT2D eigenvalue weighted by Gasteiger charge is -2.36. The molecule has 1 fully saturated rings. The third-order valence-corrected chi connectivity index (χ3v) is 3.78. The maximum atomic E-state index is 6.30. The van der Waals surface area contributed by atoms with Gasteiger partial charge in [-0.3, -0.25) is 0 Å². The second-order valence-electron chi connectivity index (χ2n) is 4.96. The van der Waals surface area contributed by atoms with Gasteiger partial charge in [0.25, 0.3) is 0 Å². The minimum Gasteiger partial charge on any atom is -0.497 e. The molecule has 0 bridgehead atoms. The van der Waals surface area contributed by atoms with E-state index in [4.69, 9.17) is 19.9 Å². The molecular weight excluding hydrogens is 230 g/mol. The van der Waals surface area contributed by atoms with Crippen molar-refractivity contribution in [2.24, 2.45) is 5.73 Å². The molecule has 1 heterocycles. The molecule has 1 saturated heterocycles. The quantitative estimate of drug-likeness (QED) is 0.880. The van der Waals surface area contributed by atoms with Crippen molar-refractivity contribution in [1.82, 2.24) is 0 Å². The molecule has 2 aliphatic rings. The van der Waals surface area contributed by atoms with Crippen molar-refractivity contribution in [1.29, 1.82) is 0 Å². The molecule has 2 atom stereocenters. The van der Waals surface area contributed by atoms with Gasteiger partial charge in [-0.1, -0.05) is 6.07 Å². The summed E-state index contributed by atoms with van der Waals surface area (Å²) in [6, 6.07) is 6.07. The van der Waals surface area contributed by atoms with Gasteiger partial charge in [0.1, 0.15) is 11.9 Å². The summed E-state index contributed by atoms with van der Waals surface area (Å²) in [5.74, 6) is 0.896. The molecule has 0 saturated carbocycles. The van der Waals surface area contributed by atoms with Crippen LogP contribution in [-0.2, 0) is 15.9 Å². The molecule has 98 valence electrons. The molecule has 1 aliphatic heterocycles. The smallest absolute Gasteiger partial charge is 0.119 e. The Kier molecular flexibility index (Phi) is 3.24. The molecule has 2 unspecified atom stereocenters. The van der Waals surface area contributed by atoms with Gasteiger partial charge >= 0.3 is 0 Å². The maximum absolute atomic E-state index is 6.30. The molecule has 3 rings (SSSR count). The molecule has 0 aromatic heterocycles. The Balaban J connectivity index is 1.76. The van der Waals surface area contributed by atoms with Crippen LogP contribution in [0.25, 0.3) is 0 Å². The number of rotatable bonds is 3. The Morgan fingerprint density at radius 1 is 1.33 bits per heavy atom. The van der Waals surface area contributed by atoms with Crippen LogP contribution in [0.4, 0.5) is 0 Å². The highest BCUT2D eigenvalue weighted by molar-refractivity contribution is 5.39. The molecule has 0 spiro atoms. The summed E-state index contributed by atoms with van der Waals surface area (Å²) >= 11 is 0. The summed E-state index contributed by atoms with van der Waals surface area (Å²) in [7, 11) is 1.69. The van der Waals surface area contributed by atoms with Gasteiger partial charge in [0.05, 0.1) is 32.5 Å². The number of ether oxygens (including phenoxy) is 3. The number of benzene rings is 1. The normalized spacial score (nSPS) is 27.4. The highest BCUT2D eigenvalue weighted by Crippen LogP contribution is 2.33. The van der Waals surface area contributed by atoms with Crippen molar-refractivity contribution >= 4 is 0 Å². The van der Waals surface area contributed by atoms with Crippen molar-refractivity contribution in [3.05, 3.63) is 29.3 Å². The molecule has 1 aliphatic carbocycles. The Labute approximate surface area is 107 Å². The average Bonchev–Trinajstić information content (AvgIpc) is 2.35. The van der Waals surface area contributed by atoms with E-state index in [1.54, 1.807) is 7.11 Å². The lowest BCUT2D eigenvalue weighted by Crippen LogP contribution is -2.43. The van der Waals surface area contributed by atoms with Crippen molar-refractivity contribution in [3.8, 4) is 5.75 Å². The minimum atomic E-state index is -0.0414. The van der Waals surface area contributed by atoms with E-state index >= 15 is 0 Å². The first-order valence-corrected chi connectivity index (χ1v) is 6.43. The van der Waals surface area contributed by atoms with Crippen molar-refractivity contribution < 1.29 is 14.2 Å². The number of hydrogen-bond acceptors (Lipinski definition) is 4. The monoisotopic (exact) mass is 249 g/mol. The van der Waals surface area contributed by atoms with Crippen LogP contribution in [0, 0.1) is 0 Å². The second-order valence-corrected chi connectivity index (χ2v) is 4.96. The Morgan fingerprint density at radius 2 is 2.17 bits per heavy atom. The van der Waals surface area contributed by atoms with E-state index in [1.165, 1.54) is 11.1 Å². The second kappa shape index (κ2) is 4.88. The molecule has 0 amide bonds. The van der Waals surface area contributed by atoms with E-state index in [1.807, 2.05) is 6.07 Å². The number of aryl methyl sites for hydroxylation is 1. The van der Waals surface area contributed by atoms with Crippen molar-refractivity contribution in [3.63, 3.8) is 0 Å². The maximum Gasteiger partial charge on any atom is 0.119 e. The summed E-state index contributed by atoms with van der Waals surface area (Å²) in [4.78, 5) is 0. The fourth-order valence-electron chi connectivity index (χ4n) is 2.62. The Bertz CT molecular complexity index is 431. The van der Waals surface area contributed by atoms with Crippen LogP contribution < -0.4 is 10.5 Å². The van der Waals surface area contributed by atoms with Crippen LogP contribution in [0.3, 0.4) is 0 Å². The zero-order valence-corrected chi connectivity index (χ0v) is 10.6. The standard InChI is InChI=1S/C14H19NO3/c1-16-10-3-4-12-9(6-10)2-5-13(14(12)15)18-11-7-17-8-11/h3-4,6,11,13-14H,2,5,7-8,15H2,1H3. The number of methoxy groups -OCH3 is 1. The molecule has 4 nitrogen and oxygen atoms in total. The first kappa shape index (κ1) is 12.0. The highest BCUT2D eigenvalue weighted by Gasteiger charge is 2.31. The predicted molar refractivity (Wildman–Crippen MR) is 67.7 cm³/mol. The van der Waals surface area contributed by atoms with Gasteiger partial charge in [-0.25, -0.2) is 0 Å². The SMILES string of the molecule is COc1ccc2c(c1)CCC(OC1COC1)C2N. The molecule has 1 aromatic carbocycles. The number of nitrogens with two attached hydrogens (primary N) is 1. The van der Waals surface area contributed by atoms with Crippen molar-refractivity contribution in [2.75, 3.05) is 20.3 Å². The van der Waals surface area contributed by atoms with Gasteiger partial charge in [0.15, 0.2) is 0 Å². The third-order valence-electron chi connectivity index (χ3n) is 3.78. The fourth-order valence-corrected chi connectivity index (χ4v) is 2.62. The van der Waals surface area contributed by atoms with Crippen LogP contribution in [0.2, 0.25) is 0 Å². The number of hydrogen-bond donors (Lipinski definition) is 1. The van der Waals surface area contributed by atoms with Gasteiger partial charge < -0.3 is 19.9 Å². The molecule has 4 heteroatoms.